The van der Waals surface area contributed by atoms with Crippen molar-refractivity contribution in [2.45, 2.75) is 13.8 Å². The first-order valence-corrected chi connectivity index (χ1v) is 10.7. The van der Waals surface area contributed by atoms with Gasteiger partial charge in [-0.1, -0.05) is 18.2 Å². The van der Waals surface area contributed by atoms with Crippen LogP contribution in [-0.4, -0.2) is 22.4 Å². The molecule has 4 rings (SSSR count). The lowest BCUT2D eigenvalue weighted by Crippen LogP contribution is -2.20. The van der Waals surface area contributed by atoms with Gasteiger partial charge in [0.25, 0.3) is 11.5 Å². The first-order chi connectivity index (χ1) is 16.9. The standard InChI is InChI=1S/C27H22N4O4/c1-17-7-8-18(2)23(14-17)29-25(32)19(16-28)15-22-26(35-21-11-9-20(34-3)10-12-21)30-24-6-4-5-13-31(24)27(22)33/h4-15H,1-3H3,(H,29,32)/b19-15+. The van der Waals surface area contributed by atoms with Gasteiger partial charge >= 0.3 is 0 Å². The Kier molecular flexibility index (Phi) is 6.60. The molecule has 0 aliphatic rings. The molecule has 2 aromatic heterocycles. The SMILES string of the molecule is COc1ccc(Oc2nc3ccccn3c(=O)c2/C=C(\C#N)C(=O)Nc2cc(C)ccc2C)cc1. The molecule has 0 saturated carbocycles. The third-order valence-electron chi connectivity index (χ3n) is 5.30. The number of hydrogen-bond donors (Lipinski definition) is 1. The van der Waals surface area contributed by atoms with Crippen molar-refractivity contribution < 1.29 is 14.3 Å². The Hall–Kier alpha value is -4.90. The number of nitriles is 1. The third-order valence-corrected chi connectivity index (χ3v) is 5.30. The molecule has 2 heterocycles. The molecule has 0 saturated heterocycles. The molecule has 0 radical (unpaired) electrons. The Labute approximate surface area is 201 Å². The highest BCUT2D eigenvalue weighted by molar-refractivity contribution is 6.10. The summed E-state index contributed by atoms with van der Waals surface area (Å²) in [5, 5.41) is 12.5. The van der Waals surface area contributed by atoms with Gasteiger partial charge in [-0.2, -0.15) is 10.2 Å². The van der Waals surface area contributed by atoms with Crippen LogP contribution in [0.5, 0.6) is 17.4 Å². The van der Waals surface area contributed by atoms with Gasteiger partial charge in [-0.05, 0) is 73.5 Å². The number of amides is 1. The molecule has 0 atom stereocenters. The molecule has 1 N–H and O–H groups in total. The predicted molar refractivity (Wildman–Crippen MR) is 133 cm³/mol. The number of aromatic nitrogens is 2. The largest absolute Gasteiger partial charge is 0.497 e. The molecular weight excluding hydrogens is 444 g/mol. The second-order valence-corrected chi connectivity index (χ2v) is 7.78. The van der Waals surface area contributed by atoms with Crippen molar-refractivity contribution in [1.82, 2.24) is 9.38 Å². The fraction of sp³-hybridized carbons (Fsp3) is 0.111. The molecule has 2 aromatic carbocycles. The highest BCUT2D eigenvalue weighted by atomic mass is 16.5. The van der Waals surface area contributed by atoms with E-state index in [2.05, 4.69) is 10.3 Å². The molecule has 4 aromatic rings. The number of aryl methyl sites for hydroxylation is 2. The van der Waals surface area contributed by atoms with Crippen molar-refractivity contribution in [3.63, 3.8) is 0 Å². The highest BCUT2D eigenvalue weighted by Gasteiger charge is 2.18. The topological polar surface area (TPSA) is 106 Å². The van der Waals surface area contributed by atoms with Crippen LogP contribution in [0.2, 0.25) is 0 Å². The maximum atomic E-state index is 13.3. The Bertz CT molecular complexity index is 1550. The van der Waals surface area contributed by atoms with Gasteiger partial charge in [0.15, 0.2) is 0 Å². The summed E-state index contributed by atoms with van der Waals surface area (Å²) < 4.78 is 12.4. The van der Waals surface area contributed by atoms with Crippen LogP contribution in [-0.2, 0) is 4.79 Å². The minimum atomic E-state index is -0.644. The van der Waals surface area contributed by atoms with Crippen LogP contribution >= 0.6 is 0 Å². The van der Waals surface area contributed by atoms with Crippen molar-refractivity contribution >= 4 is 23.3 Å². The lowest BCUT2D eigenvalue weighted by molar-refractivity contribution is -0.112. The van der Waals surface area contributed by atoms with Gasteiger partial charge in [0, 0.05) is 11.9 Å². The number of hydrogen-bond acceptors (Lipinski definition) is 6. The normalized spacial score (nSPS) is 11.1. The lowest BCUT2D eigenvalue weighted by atomic mass is 10.1. The number of rotatable bonds is 6. The molecule has 8 nitrogen and oxygen atoms in total. The molecule has 0 unspecified atom stereocenters. The zero-order valence-electron chi connectivity index (χ0n) is 19.4. The number of nitrogens with one attached hydrogen (secondary N) is 1. The summed E-state index contributed by atoms with van der Waals surface area (Å²) >= 11 is 0. The summed E-state index contributed by atoms with van der Waals surface area (Å²) in [5.41, 5.74) is 1.97. The first-order valence-electron chi connectivity index (χ1n) is 10.7. The summed E-state index contributed by atoms with van der Waals surface area (Å²) in [6, 6.07) is 19.3. The maximum absolute atomic E-state index is 13.3. The van der Waals surface area contributed by atoms with Gasteiger partial charge in [-0.3, -0.25) is 14.0 Å². The summed E-state index contributed by atoms with van der Waals surface area (Å²) in [6.07, 6.45) is 2.76. The second kappa shape index (κ2) is 9.93. The zero-order valence-corrected chi connectivity index (χ0v) is 19.4. The Morgan fingerprint density at radius 2 is 1.83 bits per heavy atom. The molecule has 0 bridgehead atoms. The Morgan fingerprint density at radius 3 is 2.54 bits per heavy atom. The van der Waals surface area contributed by atoms with Crippen molar-refractivity contribution in [3.8, 4) is 23.4 Å². The molecule has 0 aliphatic carbocycles. The number of methoxy groups -OCH3 is 1. The zero-order chi connectivity index (χ0) is 24.9. The van der Waals surface area contributed by atoms with E-state index in [0.29, 0.717) is 22.8 Å². The quantitative estimate of drug-likeness (QED) is 0.327. The number of benzene rings is 2. The molecule has 0 aliphatic heterocycles. The van der Waals surface area contributed by atoms with Crippen LogP contribution in [0, 0.1) is 25.2 Å². The average Bonchev–Trinajstić information content (AvgIpc) is 2.86. The number of pyridine rings is 1. The fourth-order valence-electron chi connectivity index (χ4n) is 3.39. The van der Waals surface area contributed by atoms with Gasteiger partial charge in [0.2, 0.25) is 5.88 Å². The van der Waals surface area contributed by atoms with Crippen LogP contribution in [0.3, 0.4) is 0 Å². The predicted octanol–water partition coefficient (Wildman–Crippen LogP) is 4.66. The van der Waals surface area contributed by atoms with E-state index in [4.69, 9.17) is 9.47 Å². The van der Waals surface area contributed by atoms with E-state index in [1.54, 1.807) is 55.8 Å². The molecule has 8 heteroatoms. The minimum absolute atomic E-state index is 0.0290. The van der Waals surface area contributed by atoms with Crippen molar-refractivity contribution in [2.24, 2.45) is 0 Å². The van der Waals surface area contributed by atoms with Crippen LogP contribution in [0.25, 0.3) is 11.7 Å². The number of carbonyl (C=O) groups is 1. The van der Waals surface area contributed by atoms with Gasteiger partial charge in [-0.25, -0.2) is 0 Å². The number of ether oxygens (including phenoxy) is 2. The maximum Gasteiger partial charge on any atom is 0.269 e. The molecule has 35 heavy (non-hydrogen) atoms. The van der Waals surface area contributed by atoms with Crippen LogP contribution in [0.4, 0.5) is 5.69 Å². The lowest BCUT2D eigenvalue weighted by Gasteiger charge is -2.11. The summed E-state index contributed by atoms with van der Waals surface area (Å²) in [5.74, 6) is 0.373. The van der Waals surface area contributed by atoms with Crippen LogP contribution < -0.4 is 20.3 Å². The highest BCUT2D eigenvalue weighted by Crippen LogP contribution is 2.26. The first kappa shape index (κ1) is 23.3. The second-order valence-electron chi connectivity index (χ2n) is 7.78. The number of carbonyl (C=O) groups excluding carboxylic acids is 1. The van der Waals surface area contributed by atoms with Crippen molar-refractivity contribution in [3.05, 3.63) is 99.5 Å². The summed E-state index contributed by atoms with van der Waals surface area (Å²) in [7, 11) is 1.55. The molecular formula is C27H22N4O4. The van der Waals surface area contributed by atoms with E-state index in [1.165, 1.54) is 10.5 Å². The minimum Gasteiger partial charge on any atom is -0.497 e. The van der Waals surface area contributed by atoms with E-state index >= 15 is 0 Å². The number of anilines is 1. The van der Waals surface area contributed by atoms with Gasteiger partial charge < -0.3 is 14.8 Å². The van der Waals surface area contributed by atoms with Crippen LogP contribution in [0.1, 0.15) is 16.7 Å². The van der Waals surface area contributed by atoms with Gasteiger partial charge in [0.05, 0.1) is 7.11 Å². The smallest absolute Gasteiger partial charge is 0.269 e. The Balaban J connectivity index is 1.79. The molecule has 0 spiro atoms. The molecule has 0 fully saturated rings. The van der Waals surface area contributed by atoms with E-state index in [-0.39, 0.29) is 17.0 Å². The monoisotopic (exact) mass is 466 g/mol. The molecule has 1 amide bonds. The Morgan fingerprint density at radius 1 is 1.09 bits per heavy atom. The van der Waals surface area contributed by atoms with Crippen molar-refractivity contribution in [2.75, 3.05) is 12.4 Å². The van der Waals surface area contributed by atoms with E-state index in [0.717, 1.165) is 11.1 Å². The number of nitrogens with zero attached hydrogens (tertiary/aromatic N) is 3. The van der Waals surface area contributed by atoms with Crippen LogP contribution in [0.15, 0.2) is 77.2 Å². The number of fused-ring (bicyclic) bond motifs is 1. The summed E-state index contributed by atoms with van der Waals surface area (Å²) in [6.45, 7) is 3.76. The summed E-state index contributed by atoms with van der Waals surface area (Å²) in [4.78, 5) is 30.7. The van der Waals surface area contributed by atoms with Gasteiger partial charge in [-0.15, -0.1) is 0 Å². The molecule has 174 valence electrons. The van der Waals surface area contributed by atoms with E-state index < -0.39 is 11.5 Å². The third kappa shape index (κ3) is 5.04. The average molecular weight is 466 g/mol. The van der Waals surface area contributed by atoms with Crippen molar-refractivity contribution in [1.29, 1.82) is 5.26 Å². The fourth-order valence-corrected chi connectivity index (χ4v) is 3.39. The van der Waals surface area contributed by atoms with Gasteiger partial charge in [0.1, 0.15) is 34.4 Å². The van der Waals surface area contributed by atoms with E-state index in [1.807, 2.05) is 38.1 Å². The van der Waals surface area contributed by atoms with E-state index in [9.17, 15) is 14.9 Å².